The van der Waals surface area contributed by atoms with E-state index in [1.54, 1.807) is 7.05 Å². The van der Waals surface area contributed by atoms with Crippen molar-refractivity contribution in [1.82, 2.24) is 15.2 Å². The van der Waals surface area contributed by atoms with E-state index < -0.39 is 0 Å². The highest BCUT2D eigenvalue weighted by Crippen LogP contribution is 2.37. The van der Waals surface area contributed by atoms with Crippen molar-refractivity contribution in [2.45, 2.75) is 19.5 Å². The third-order valence-electron chi connectivity index (χ3n) is 3.87. The van der Waals surface area contributed by atoms with Gasteiger partial charge < -0.3 is 24.7 Å². The van der Waals surface area contributed by atoms with Crippen LogP contribution in [0.25, 0.3) is 0 Å². The number of aliphatic imine (C=N–C) groups is 1. The lowest BCUT2D eigenvalue weighted by Gasteiger charge is -2.14. The van der Waals surface area contributed by atoms with Crippen molar-refractivity contribution >= 4 is 41.5 Å². The Morgan fingerprint density at radius 2 is 1.96 bits per heavy atom. The molecule has 0 bridgehead atoms. The van der Waals surface area contributed by atoms with E-state index >= 15 is 0 Å². The average Bonchev–Trinajstić information content (AvgIpc) is 3.01. The van der Waals surface area contributed by atoms with Gasteiger partial charge in [-0.1, -0.05) is 11.6 Å². The van der Waals surface area contributed by atoms with Crippen LogP contribution in [0.3, 0.4) is 0 Å². The van der Waals surface area contributed by atoms with Crippen molar-refractivity contribution in [3.63, 3.8) is 0 Å². The molecule has 26 heavy (non-hydrogen) atoms. The maximum atomic E-state index is 6.33. The Labute approximate surface area is 175 Å². The van der Waals surface area contributed by atoms with Crippen molar-refractivity contribution in [3.05, 3.63) is 47.2 Å². The first-order chi connectivity index (χ1) is 12.3. The summed E-state index contributed by atoms with van der Waals surface area (Å²) < 4.78 is 13.5. The maximum Gasteiger partial charge on any atom is 0.191 e. The summed E-state index contributed by atoms with van der Waals surface area (Å²) >= 11 is 6.33. The van der Waals surface area contributed by atoms with Gasteiger partial charge in [-0.2, -0.15) is 0 Å². The smallest absolute Gasteiger partial charge is 0.191 e. The largest absolute Gasteiger partial charge is 0.489 e. The summed E-state index contributed by atoms with van der Waals surface area (Å²) in [5.74, 6) is 2.09. The number of hydrogen-bond donors (Lipinski definition) is 2. The van der Waals surface area contributed by atoms with Gasteiger partial charge in [0.2, 0.25) is 0 Å². The number of fused-ring (bicyclic) bond motifs is 1. The van der Waals surface area contributed by atoms with Crippen molar-refractivity contribution in [1.29, 1.82) is 0 Å². The summed E-state index contributed by atoms with van der Waals surface area (Å²) in [5.41, 5.74) is 1.02. The quantitative estimate of drug-likeness (QED) is 0.384. The Morgan fingerprint density at radius 3 is 2.73 bits per heavy atom. The summed E-state index contributed by atoms with van der Waals surface area (Å²) in [6, 6.07) is 7.89. The Kier molecular flexibility index (Phi) is 8.37. The van der Waals surface area contributed by atoms with Gasteiger partial charge in [-0.15, -0.1) is 24.0 Å². The molecule has 1 aliphatic rings. The van der Waals surface area contributed by atoms with Crippen LogP contribution in [0.2, 0.25) is 5.02 Å². The second-order valence-electron chi connectivity index (χ2n) is 5.73. The highest BCUT2D eigenvalue weighted by Gasteiger charge is 2.15. The van der Waals surface area contributed by atoms with Gasteiger partial charge in [-0.05, 0) is 29.8 Å². The molecule has 1 aromatic carbocycles. The molecule has 0 radical (unpaired) electrons. The van der Waals surface area contributed by atoms with Crippen LogP contribution in [0.5, 0.6) is 11.5 Å². The first-order valence-electron chi connectivity index (χ1n) is 8.39. The third kappa shape index (κ3) is 5.70. The van der Waals surface area contributed by atoms with Crippen LogP contribution in [0.4, 0.5) is 0 Å². The van der Waals surface area contributed by atoms with E-state index in [0.717, 1.165) is 31.0 Å². The van der Waals surface area contributed by atoms with Crippen LogP contribution in [0.1, 0.15) is 12.0 Å². The molecule has 1 aliphatic heterocycles. The minimum absolute atomic E-state index is 0. The Hall–Kier alpha value is -1.61. The van der Waals surface area contributed by atoms with Gasteiger partial charge in [0, 0.05) is 45.5 Å². The van der Waals surface area contributed by atoms with Gasteiger partial charge in [-0.3, -0.25) is 4.99 Å². The van der Waals surface area contributed by atoms with E-state index in [0.29, 0.717) is 36.3 Å². The fraction of sp³-hybridized carbons (Fsp3) is 0.389. The van der Waals surface area contributed by atoms with Crippen LogP contribution in [-0.2, 0) is 13.1 Å². The van der Waals surface area contributed by atoms with E-state index in [1.165, 1.54) is 0 Å². The molecule has 0 saturated carbocycles. The van der Waals surface area contributed by atoms with E-state index in [-0.39, 0.29) is 24.0 Å². The van der Waals surface area contributed by atoms with E-state index in [2.05, 4.69) is 20.2 Å². The van der Waals surface area contributed by atoms with Crippen LogP contribution < -0.4 is 20.1 Å². The summed E-state index contributed by atoms with van der Waals surface area (Å²) in [4.78, 5) is 4.24. The van der Waals surface area contributed by atoms with Gasteiger partial charge in [0.25, 0.3) is 0 Å². The van der Waals surface area contributed by atoms with Gasteiger partial charge in [-0.25, -0.2) is 0 Å². The van der Waals surface area contributed by atoms with Crippen LogP contribution in [-0.4, -0.2) is 37.3 Å². The standard InChI is InChI=1S/C18H23ClN4O2.HI/c1-20-18(21-5-8-23-6-2-3-7-23)22-13-14-11-15(19)17-16(12-14)24-9-4-10-25-17;/h2-3,6-7,11-12H,4-5,8-10,13H2,1H3,(H2,20,21,22);1H. The SMILES string of the molecule is CN=C(NCCn1cccc1)NCc1cc(Cl)c2c(c1)OCCCO2.I. The van der Waals surface area contributed by atoms with Crippen molar-refractivity contribution in [2.75, 3.05) is 26.8 Å². The zero-order chi connectivity index (χ0) is 17.5. The minimum Gasteiger partial charge on any atom is -0.489 e. The number of ether oxygens (including phenoxy) is 2. The molecule has 2 aromatic rings. The molecule has 6 nitrogen and oxygen atoms in total. The average molecular weight is 491 g/mol. The molecule has 1 aromatic heterocycles. The monoisotopic (exact) mass is 490 g/mol. The molecule has 2 N–H and O–H groups in total. The van der Waals surface area contributed by atoms with Crippen molar-refractivity contribution in [3.8, 4) is 11.5 Å². The predicted molar refractivity (Wildman–Crippen MR) is 115 cm³/mol. The van der Waals surface area contributed by atoms with Gasteiger partial charge in [0.05, 0.1) is 18.2 Å². The molecule has 0 amide bonds. The first-order valence-corrected chi connectivity index (χ1v) is 8.77. The maximum absolute atomic E-state index is 6.33. The Morgan fingerprint density at radius 1 is 1.19 bits per heavy atom. The number of rotatable bonds is 5. The summed E-state index contributed by atoms with van der Waals surface area (Å²) in [6.07, 6.45) is 4.94. The van der Waals surface area contributed by atoms with Crippen LogP contribution in [0.15, 0.2) is 41.7 Å². The molecular weight excluding hydrogens is 467 g/mol. The molecule has 0 spiro atoms. The van der Waals surface area contributed by atoms with Crippen LogP contribution >= 0.6 is 35.6 Å². The van der Waals surface area contributed by atoms with E-state index in [4.69, 9.17) is 21.1 Å². The number of guanidine groups is 1. The molecule has 3 rings (SSSR count). The number of nitrogens with one attached hydrogen (secondary N) is 2. The molecule has 0 fully saturated rings. The highest BCUT2D eigenvalue weighted by molar-refractivity contribution is 14.0. The number of benzene rings is 1. The topological polar surface area (TPSA) is 59.8 Å². The summed E-state index contributed by atoms with van der Waals surface area (Å²) in [5, 5.41) is 7.16. The lowest BCUT2D eigenvalue weighted by Crippen LogP contribution is -2.38. The summed E-state index contributed by atoms with van der Waals surface area (Å²) in [7, 11) is 1.76. The molecule has 0 atom stereocenters. The molecule has 142 valence electrons. The number of hydrogen-bond acceptors (Lipinski definition) is 3. The normalized spacial score (nSPS) is 13.5. The third-order valence-corrected chi connectivity index (χ3v) is 4.15. The van der Waals surface area contributed by atoms with Gasteiger partial charge >= 0.3 is 0 Å². The first kappa shape index (κ1) is 20.7. The van der Waals surface area contributed by atoms with Gasteiger partial charge in [0.1, 0.15) is 0 Å². The predicted octanol–water partition coefficient (Wildman–Crippen LogP) is 3.29. The Balaban J connectivity index is 0.00000243. The molecular formula is C18H24ClIN4O2. The van der Waals surface area contributed by atoms with Crippen molar-refractivity contribution in [2.24, 2.45) is 4.99 Å². The molecule has 0 saturated heterocycles. The highest BCUT2D eigenvalue weighted by atomic mass is 127. The fourth-order valence-electron chi connectivity index (χ4n) is 2.62. The minimum atomic E-state index is 0. The second kappa shape index (κ2) is 10.5. The van der Waals surface area contributed by atoms with Crippen molar-refractivity contribution < 1.29 is 9.47 Å². The fourth-order valence-corrected chi connectivity index (χ4v) is 2.90. The second-order valence-corrected chi connectivity index (χ2v) is 6.14. The molecule has 0 aliphatic carbocycles. The van der Waals surface area contributed by atoms with E-state index in [9.17, 15) is 0 Å². The number of aromatic nitrogens is 1. The molecule has 0 unspecified atom stereocenters. The molecule has 2 heterocycles. The molecule has 8 heteroatoms. The number of nitrogens with zero attached hydrogens (tertiary/aromatic N) is 2. The zero-order valence-corrected chi connectivity index (χ0v) is 17.8. The lowest BCUT2D eigenvalue weighted by molar-refractivity contribution is 0.297. The van der Waals surface area contributed by atoms with E-state index in [1.807, 2.05) is 36.7 Å². The van der Waals surface area contributed by atoms with Crippen LogP contribution in [0, 0.1) is 0 Å². The van der Waals surface area contributed by atoms with Gasteiger partial charge in [0.15, 0.2) is 17.5 Å². The summed E-state index contributed by atoms with van der Waals surface area (Å²) in [6.45, 7) is 3.53. The zero-order valence-electron chi connectivity index (χ0n) is 14.7. The lowest BCUT2D eigenvalue weighted by atomic mass is 10.2. The number of halogens is 2. The Bertz CT molecular complexity index is 722.